The van der Waals surface area contributed by atoms with Crippen LogP contribution in [0.5, 0.6) is 0 Å². The van der Waals surface area contributed by atoms with Gasteiger partial charge in [0.1, 0.15) is 0 Å². The summed E-state index contributed by atoms with van der Waals surface area (Å²) in [4.78, 5) is 12.3. The number of nitrogens with one attached hydrogen (secondary N) is 2. The normalized spacial score (nSPS) is 21.0. The van der Waals surface area contributed by atoms with Crippen LogP contribution >= 0.6 is 23.2 Å². The molecule has 5 heteroatoms. The second-order valence-corrected chi connectivity index (χ2v) is 6.70. The Morgan fingerprint density at radius 2 is 1.39 bits per heavy atom. The van der Waals surface area contributed by atoms with Crippen LogP contribution in [0.4, 0.5) is 0 Å². The maximum Gasteiger partial charge on any atom is 0.237 e. The summed E-state index contributed by atoms with van der Waals surface area (Å²) in [6.07, 6.45) is 1.46. The number of rotatable bonds is 4. The van der Waals surface area contributed by atoms with Gasteiger partial charge in [0.05, 0.1) is 6.04 Å². The Kier molecular flexibility index (Phi) is 5.21. The zero-order valence-corrected chi connectivity index (χ0v) is 14.1. The van der Waals surface area contributed by atoms with Crippen molar-refractivity contribution in [1.29, 1.82) is 0 Å². The number of benzene rings is 2. The van der Waals surface area contributed by atoms with Gasteiger partial charge in [-0.3, -0.25) is 4.79 Å². The topological polar surface area (TPSA) is 41.1 Å². The number of hydrogen-bond donors (Lipinski definition) is 2. The molecule has 120 valence electrons. The van der Waals surface area contributed by atoms with E-state index in [0.717, 1.165) is 29.1 Å². The molecule has 1 saturated heterocycles. The molecule has 2 N–H and O–H groups in total. The van der Waals surface area contributed by atoms with E-state index in [9.17, 15) is 4.79 Å². The van der Waals surface area contributed by atoms with Gasteiger partial charge in [0.2, 0.25) is 5.91 Å². The van der Waals surface area contributed by atoms with E-state index >= 15 is 0 Å². The minimum absolute atomic E-state index is 0.0464. The van der Waals surface area contributed by atoms with E-state index in [1.54, 1.807) is 0 Å². The molecule has 1 heterocycles. The third kappa shape index (κ3) is 4.47. The van der Waals surface area contributed by atoms with Gasteiger partial charge in [0, 0.05) is 22.6 Å². The largest absolute Gasteiger partial charge is 0.350 e. The van der Waals surface area contributed by atoms with Gasteiger partial charge < -0.3 is 10.6 Å². The molecule has 0 saturated carbocycles. The number of halogens is 2. The van der Waals surface area contributed by atoms with Crippen LogP contribution < -0.4 is 10.6 Å². The SMILES string of the molecule is O=C1N[C@@H](Cc2ccc(Cl)cc2)CN[C@H]1Cc1ccc(Cl)cc1. The van der Waals surface area contributed by atoms with Crippen LogP contribution in [0, 0.1) is 0 Å². The number of carbonyl (C=O) groups is 1. The lowest BCUT2D eigenvalue weighted by atomic mass is 9.99. The first-order valence-electron chi connectivity index (χ1n) is 7.63. The van der Waals surface area contributed by atoms with Crippen molar-refractivity contribution in [2.75, 3.05) is 6.54 Å². The average Bonchev–Trinajstić information content (AvgIpc) is 2.54. The summed E-state index contributed by atoms with van der Waals surface area (Å²) in [6.45, 7) is 0.757. The highest BCUT2D eigenvalue weighted by atomic mass is 35.5. The van der Waals surface area contributed by atoms with E-state index in [4.69, 9.17) is 23.2 Å². The molecule has 2 aromatic carbocycles. The monoisotopic (exact) mass is 348 g/mol. The van der Waals surface area contributed by atoms with Gasteiger partial charge in [-0.05, 0) is 48.2 Å². The molecule has 0 unspecified atom stereocenters. The van der Waals surface area contributed by atoms with Crippen molar-refractivity contribution >= 4 is 29.1 Å². The molecular formula is C18H18Cl2N2O. The molecular weight excluding hydrogens is 331 g/mol. The predicted octanol–water partition coefficient (Wildman–Crippen LogP) is 3.24. The van der Waals surface area contributed by atoms with E-state index < -0.39 is 0 Å². The second-order valence-electron chi connectivity index (χ2n) is 5.83. The fraction of sp³-hybridized carbons (Fsp3) is 0.278. The van der Waals surface area contributed by atoms with Crippen LogP contribution in [0.15, 0.2) is 48.5 Å². The van der Waals surface area contributed by atoms with Crippen molar-refractivity contribution < 1.29 is 4.79 Å². The van der Waals surface area contributed by atoms with E-state index in [-0.39, 0.29) is 18.0 Å². The Bertz CT molecular complexity index is 670. The first-order chi connectivity index (χ1) is 11.1. The Morgan fingerprint density at radius 1 is 0.870 bits per heavy atom. The molecule has 0 spiro atoms. The minimum atomic E-state index is -0.197. The van der Waals surface area contributed by atoms with Gasteiger partial charge in [-0.1, -0.05) is 47.5 Å². The molecule has 1 fully saturated rings. The highest BCUT2D eigenvalue weighted by Crippen LogP contribution is 2.14. The molecule has 3 nitrogen and oxygen atoms in total. The van der Waals surface area contributed by atoms with Crippen LogP contribution in [0.3, 0.4) is 0 Å². The van der Waals surface area contributed by atoms with E-state index in [0.29, 0.717) is 11.4 Å². The van der Waals surface area contributed by atoms with Gasteiger partial charge >= 0.3 is 0 Å². The quantitative estimate of drug-likeness (QED) is 0.890. The fourth-order valence-corrected chi connectivity index (χ4v) is 3.03. The molecule has 2 atom stereocenters. The second kappa shape index (κ2) is 7.35. The summed E-state index contributed by atoms with van der Waals surface area (Å²) in [5.41, 5.74) is 2.26. The number of amides is 1. The van der Waals surface area contributed by atoms with E-state index in [1.165, 1.54) is 0 Å². The summed E-state index contributed by atoms with van der Waals surface area (Å²) in [6, 6.07) is 15.2. The molecule has 1 aliphatic heterocycles. The summed E-state index contributed by atoms with van der Waals surface area (Å²) in [5, 5.41) is 7.87. The highest BCUT2D eigenvalue weighted by Gasteiger charge is 2.27. The summed E-state index contributed by atoms with van der Waals surface area (Å²) >= 11 is 11.8. The van der Waals surface area contributed by atoms with Crippen LogP contribution in [-0.4, -0.2) is 24.5 Å². The van der Waals surface area contributed by atoms with Crippen LogP contribution in [0.25, 0.3) is 0 Å². The lowest BCUT2D eigenvalue weighted by Crippen LogP contribution is -2.59. The lowest BCUT2D eigenvalue weighted by molar-refractivity contribution is -0.125. The van der Waals surface area contributed by atoms with Gasteiger partial charge in [-0.25, -0.2) is 0 Å². The Hall–Kier alpha value is -1.55. The smallest absolute Gasteiger partial charge is 0.237 e. The van der Waals surface area contributed by atoms with Crippen molar-refractivity contribution in [1.82, 2.24) is 10.6 Å². The van der Waals surface area contributed by atoms with Crippen molar-refractivity contribution in [3.05, 3.63) is 69.7 Å². The third-order valence-electron chi connectivity index (χ3n) is 4.02. The van der Waals surface area contributed by atoms with Crippen molar-refractivity contribution in [2.24, 2.45) is 0 Å². The highest BCUT2D eigenvalue weighted by molar-refractivity contribution is 6.30. The average molecular weight is 349 g/mol. The number of hydrogen-bond acceptors (Lipinski definition) is 2. The van der Waals surface area contributed by atoms with Gasteiger partial charge in [-0.15, -0.1) is 0 Å². The van der Waals surface area contributed by atoms with Crippen molar-refractivity contribution in [3.8, 4) is 0 Å². The molecule has 1 aliphatic rings. The minimum Gasteiger partial charge on any atom is -0.350 e. The van der Waals surface area contributed by atoms with Crippen LogP contribution in [0.2, 0.25) is 10.0 Å². The Balaban J connectivity index is 1.55. The molecule has 0 bridgehead atoms. The van der Waals surface area contributed by atoms with Crippen LogP contribution in [0.1, 0.15) is 11.1 Å². The van der Waals surface area contributed by atoms with Gasteiger partial charge in [0.15, 0.2) is 0 Å². The van der Waals surface area contributed by atoms with E-state index in [2.05, 4.69) is 10.6 Å². The molecule has 2 aromatic rings. The Labute approximate surface area is 146 Å². The van der Waals surface area contributed by atoms with Gasteiger partial charge in [-0.2, -0.15) is 0 Å². The fourth-order valence-electron chi connectivity index (χ4n) is 2.78. The number of carbonyl (C=O) groups excluding carboxylic acids is 1. The maximum atomic E-state index is 12.3. The molecule has 0 aromatic heterocycles. The third-order valence-corrected chi connectivity index (χ3v) is 4.53. The zero-order chi connectivity index (χ0) is 16.2. The summed E-state index contributed by atoms with van der Waals surface area (Å²) < 4.78 is 0. The standard InChI is InChI=1S/C18H18Cl2N2O/c19-14-5-1-12(2-6-14)9-16-11-21-17(18(23)22-16)10-13-3-7-15(20)8-4-13/h1-8,16-17,21H,9-11H2,(H,22,23)/t16-,17-/m0/s1. The first kappa shape index (κ1) is 16.3. The molecule has 3 rings (SSSR count). The maximum absolute atomic E-state index is 12.3. The van der Waals surface area contributed by atoms with Crippen molar-refractivity contribution in [3.63, 3.8) is 0 Å². The molecule has 0 radical (unpaired) electrons. The van der Waals surface area contributed by atoms with Crippen LogP contribution in [-0.2, 0) is 17.6 Å². The zero-order valence-electron chi connectivity index (χ0n) is 12.6. The van der Waals surface area contributed by atoms with E-state index in [1.807, 2.05) is 48.5 Å². The molecule has 23 heavy (non-hydrogen) atoms. The number of piperazine rings is 1. The predicted molar refractivity (Wildman–Crippen MR) is 94.0 cm³/mol. The molecule has 0 aliphatic carbocycles. The summed E-state index contributed by atoms with van der Waals surface area (Å²) in [7, 11) is 0. The first-order valence-corrected chi connectivity index (χ1v) is 8.38. The van der Waals surface area contributed by atoms with Gasteiger partial charge in [0.25, 0.3) is 0 Å². The lowest BCUT2D eigenvalue weighted by Gasteiger charge is -2.30. The van der Waals surface area contributed by atoms with Crippen molar-refractivity contribution in [2.45, 2.75) is 24.9 Å². The Morgan fingerprint density at radius 3 is 1.91 bits per heavy atom. The molecule has 1 amide bonds. The summed E-state index contributed by atoms with van der Waals surface area (Å²) in [5.74, 6) is 0.0464.